The van der Waals surface area contributed by atoms with Gasteiger partial charge < -0.3 is 10.3 Å². The zero-order chi connectivity index (χ0) is 19.9. The Hall–Kier alpha value is -2.16. The van der Waals surface area contributed by atoms with Gasteiger partial charge in [0.15, 0.2) is 0 Å². The summed E-state index contributed by atoms with van der Waals surface area (Å²) in [5.74, 6) is -0.172. The van der Waals surface area contributed by atoms with Crippen molar-refractivity contribution in [2.24, 2.45) is 0 Å². The Morgan fingerprint density at radius 1 is 1.43 bits per heavy atom. The Balaban J connectivity index is 1.44. The van der Waals surface area contributed by atoms with E-state index in [1.807, 2.05) is 12.1 Å². The third-order valence-electron chi connectivity index (χ3n) is 4.08. The van der Waals surface area contributed by atoms with Crippen LogP contribution < -0.4 is 5.32 Å². The van der Waals surface area contributed by atoms with Crippen LogP contribution in [-0.2, 0) is 16.0 Å². The Kier molecular flexibility index (Phi) is 7.24. The van der Waals surface area contributed by atoms with Crippen LogP contribution in [-0.4, -0.2) is 44.1 Å². The van der Waals surface area contributed by atoms with E-state index in [1.54, 1.807) is 35.6 Å². The molecule has 1 saturated heterocycles. The molecular formula is C19H19ClN4O2S2. The standard InChI is InChI=1S/C19H19ClN4O2S2/c20-14-4-1-3-13(9-14)10-16-18(26)24(19(27)28-16)8-2-5-17(25)22-7-6-15-11-21-12-23-15/h1,3-4,9-12H,2,5-8H2,(H,21,23)(H,22,25). The van der Waals surface area contributed by atoms with Gasteiger partial charge in [0.25, 0.3) is 5.91 Å². The fraction of sp³-hybridized carbons (Fsp3) is 0.263. The second-order valence-electron chi connectivity index (χ2n) is 6.17. The van der Waals surface area contributed by atoms with Gasteiger partial charge in [-0.2, -0.15) is 0 Å². The summed E-state index contributed by atoms with van der Waals surface area (Å²) in [6, 6.07) is 7.29. The molecule has 0 saturated carbocycles. The Bertz CT molecular complexity index is 899. The van der Waals surface area contributed by atoms with Crippen LogP contribution in [0.15, 0.2) is 41.7 Å². The summed E-state index contributed by atoms with van der Waals surface area (Å²) in [7, 11) is 0. The lowest BCUT2D eigenvalue weighted by Gasteiger charge is -2.14. The van der Waals surface area contributed by atoms with E-state index in [-0.39, 0.29) is 11.8 Å². The summed E-state index contributed by atoms with van der Waals surface area (Å²) in [6.45, 7) is 0.968. The SMILES string of the molecule is O=C(CCCN1C(=O)C(=Cc2cccc(Cl)c2)SC1=S)NCCc1cnc[nH]1. The molecule has 28 heavy (non-hydrogen) atoms. The molecule has 2 aromatic rings. The lowest BCUT2D eigenvalue weighted by atomic mass is 10.2. The van der Waals surface area contributed by atoms with E-state index in [0.717, 1.165) is 11.3 Å². The average Bonchev–Trinajstić information content (AvgIpc) is 3.25. The number of nitrogens with one attached hydrogen (secondary N) is 2. The second kappa shape index (κ2) is 9.86. The van der Waals surface area contributed by atoms with Crippen molar-refractivity contribution in [2.45, 2.75) is 19.3 Å². The highest BCUT2D eigenvalue weighted by Gasteiger charge is 2.31. The number of aromatic nitrogens is 2. The predicted molar refractivity (Wildman–Crippen MR) is 116 cm³/mol. The number of thioether (sulfide) groups is 1. The molecule has 9 heteroatoms. The first-order valence-electron chi connectivity index (χ1n) is 8.78. The Morgan fingerprint density at radius 2 is 2.29 bits per heavy atom. The van der Waals surface area contributed by atoms with Crippen LogP contribution in [0.3, 0.4) is 0 Å². The van der Waals surface area contributed by atoms with Crippen LogP contribution in [0.4, 0.5) is 0 Å². The van der Waals surface area contributed by atoms with Gasteiger partial charge in [-0.3, -0.25) is 14.5 Å². The number of thiocarbonyl (C=S) groups is 1. The van der Waals surface area contributed by atoms with Crippen molar-refractivity contribution in [1.82, 2.24) is 20.2 Å². The number of hydrogen-bond donors (Lipinski definition) is 2. The predicted octanol–water partition coefficient (Wildman–Crippen LogP) is 3.40. The Morgan fingerprint density at radius 3 is 3.04 bits per heavy atom. The van der Waals surface area contributed by atoms with Gasteiger partial charge >= 0.3 is 0 Å². The molecule has 0 unspecified atom stereocenters. The number of carbonyl (C=O) groups is 2. The summed E-state index contributed by atoms with van der Waals surface area (Å²) in [5, 5.41) is 3.48. The molecule has 0 atom stereocenters. The molecular weight excluding hydrogens is 416 g/mol. The normalized spacial score (nSPS) is 15.5. The van der Waals surface area contributed by atoms with Crippen molar-refractivity contribution in [2.75, 3.05) is 13.1 Å². The van der Waals surface area contributed by atoms with Crippen molar-refractivity contribution in [3.8, 4) is 0 Å². The summed E-state index contributed by atoms with van der Waals surface area (Å²) in [5.41, 5.74) is 1.83. The van der Waals surface area contributed by atoms with E-state index in [1.165, 1.54) is 11.8 Å². The van der Waals surface area contributed by atoms with E-state index >= 15 is 0 Å². The maximum atomic E-state index is 12.6. The summed E-state index contributed by atoms with van der Waals surface area (Å²) in [4.78, 5) is 33.6. The zero-order valence-electron chi connectivity index (χ0n) is 15.0. The maximum absolute atomic E-state index is 12.6. The molecule has 2 heterocycles. The minimum atomic E-state index is -0.130. The van der Waals surface area contributed by atoms with Crippen LogP contribution in [0.2, 0.25) is 5.02 Å². The molecule has 0 bridgehead atoms. The third kappa shape index (κ3) is 5.67. The number of H-pyrrole nitrogens is 1. The number of hydrogen-bond acceptors (Lipinski definition) is 5. The minimum Gasteiger partial charge on any atom is -0.356 e. The minimum absolute atomic E-state index is 0.0422. The maximum Gasteiger partial charge on any atom is 0.266 e. The molecule has 6 nitrogen and oxygen atoms in total. The fourth-order valence-corrected chi connectivity index (χ4v) is 4.19. The van der Waals surface area contributed by atoms with Crippen LogP contribution in [0.25, 0.3) is 6.08 Å². The molecule has 1 aromatic heterocycles. The molecule has 2 N–H and O–H groups in total. The summed E-state index contributed by atoms with van der Waals surface area (Å²) < 4.78 is 0.512. The van der Waals surface area contributed by atoms with Gasteiger partial charge in [0.2, 0.25) is 5.91 Å². The van der Waals surface area contributed by atoms with Gasteiger partial charge in [-0.25, -0.2) is 4.98 Å². The van der Waals surface area contributed by atoms with Crippen molar-refractivity contribution in [3.05, 3.63) is 58.0 Å². The monoisotopic (exact) mass is 434 g/mol. The van der Waals surface area contributed by atoms with E-state index in [9.17, 15) is 9.59 Å². The summed E-state index contributed by atoms with van der Waals surface area (Å²) in [6.07, 6.45) is 6.72. The topological polar surface area (TPSA) is 78.1 Å². The fourth-order valence-electron chi connectivity index (χ4n) is 2.68. The van der Waals surface area contributed by atoms with Gasteiger partial charge in [0.1, 0.15) is 4.32 Å². The number of halogens is 1. The molecule has 1 aliphatic heterocycles. The number of benzene rings is 1. The smallest absolute Gasteiger partial charge is 0.266 e. The molecule has 3 rings (SSSR count). The van der Waals surface area contributed by atoms with Gasteiger partial charge in [0.05, 0.1) is 11.2 Å². The first-order chi connectivity index (χ1) is 13.5. The summed E-state index contributed by atoms with van der Waals surface area (Å²) >= 11 is 12.6. The number of rotatable bonds is 8. The van der Waals surface area contributed by atoms with E-state index < -0.39 is 0 Å². The van der Waals surface area contributed by atoms with E-state index in [2.05, 4.69) is 15.3 Å². The number of aromatic amines is 1. The molecule has 1 fully saturated rings. The first kappa shape index (κ1) is 20.6. The van der Waals surface area contributed by atoms with Crippen molar-refractivity contribution >= 4 is 57.8 Å². The van der Waals surface area contributed by atoms with Gasteiger partial charge in [-0.1, -0.05) is 47.7 Å². The van der Waals surface area contributed by atoms with Crippen molar-refractivity contribution in [1.29, 1.82) is 0 Å². The highest BCUT2D eigenvalue weighted by molar-refractivity contribution is 8.26. The number of nitrogens with zero attached hydrogens (tertiary/aromatic N) is 2. The highest BCUT2D eigenvalue weighted by Crippen LogP contribution is 2.33. The van der Waals surface area contributed by atoms with Crippen LogP contribution in [0.1, 0.15) is 24.1 Å². The van der Waals surface area contributed by atoms with E-state index in [4.69, 9.17) is 23.8 Å². The Labute approximate surface area is 177 Å². The lowest BCUT2D eigenvalue weighted by molar-refractivity contribution is -0.123. The zero-order valence-corrected chi connectivity index (χ0v) is 17.4. The van der Waals surface area contributed by atoms with Gasteiger partial charge in [-0.15, -0.1) is 0 Å². The van der Waals surface area contributed by atoms with Crippen LogP contribution in [0, 0.1) is 0 Å². The average molecular weight is 435 g/mol. The number of amides is 2. The molecule has 146 valence electrons. The molecule has 0 radical (unpaired) electrons. The van der Waals surface area contributed by atoms with E-state index in [0.29, 0.717) is 46.6 Å². The quantitative estimate of drug-likeness (QED) is 0.491. The molecule has 1 aliphatic rings. The second-order valence-corrected chi connectivity index (χ2v) is 8.28. The molecule has 1 aromatic carbocycles. The third-order valence-corrected chi connectivity index (χ3v) is 5.69. The van der Waals surface area contributed by atoms with Gasteiger partial charge in [0, 0.05) is 42.8 Å². The highest BCUT2D eigenvalue weighted by atomic mass is 35.5. The molecule has 0 spiro atoms. The number of imidazole rings is 1. The largest absolute Gasteiger partial charge is 0.356 e. The van der Waals surface area contributed by atoms with Crippen LogP contribution >= 0.6 is 35.6 Å². The van der Waals surface area contributed by atoms with Crippen molar-refractivity contribution in [3.63, 3.8) is 0 Å². The molecule has 2 amide bonds. The van der Waals surface area contributed by atoms with Crippen molar-refractivity contribution < 1.29 is 9.59 Å². The first-order valence-corrected chi connectivity index (χ1v) is 10.4. The number of carbonyl (C=O) groups excluding carboxylic acids is 2. The van der Waals surface area contributed by atoms with Crippen LogP contribution in [0.5, 0.6) is 0 Å². The van der Waals surface area contributed by atoms with Gasteiger partial charge in [-0.05, 0) is 30.2 Å². The lowest BCUT2D eigenvalue weighted by Crippen LogP contribution is -2.31. The molecule has 0 aliphatic carbocycles.